The van der Waals surface area contributed by atoms with E-state index in [-0.39, 0.29) is 11.5 Å². The number of ether oxygens (including phenoxy) is 1. The Morgan fingerprint density at radius 2 is 2.00 bits per heavy atom. The molecule has 4 nitrogen and oxygen atoms in total. The van der Waals surface area contributed by atoms with E-state index in [1.54, 1.807) is 13.0 Å². The number of phenols is 1. The largest absolute Gasteiger partial charge is 0.511 e. The number of aryl methyl sites for hydroxylation is 1. The summed E-state index contributed by atoms with van der Waals surface area (Å²) < 4.78 is 4.55. The van der Waals surface area contributed by atoms with E-state index in [2.05, 4.69) is 11.7 Å². The summed E-state index contributed by atoms with van der Waals surface area (Å²) in [6.07, 6.45) is 2.84. The van der Waals surface area contributed by atoms with Gasteiger partial charge in [-0.2, -0.15) is 0 Å². The molecule has 0 aliphatic heterocycles. The Bertz CT molecular complexity index is 438. The number of hydrogen-bond donors (Lipinski definition) is 2. The minimum Gasteiger partial charge on any atom is -0.504 e. The summed E-state index contributed by atoms with van der Waals surface area (Å²) in [5.74, 6) is -0.0637. The van der Waals surface area contributed by atoms with Gasteiger partial charge in [-0.3, -0.25) is 0 Å². The molecule has 4 heteroatoms. The van der Waals surface area contributed by atoms with Crippen molar-refractivity contribution in [3.05, 3.63) is 22.8 Å². The number of aromatic hydroxyl groups is 1. The van der Waals surface area contributed by atoms with Crippen LogP contribution in [-0.4, -0.2) is 16.4 Å². The third-order valence-corrected chi connectivity index (χ3v) is 3.09. The van der Waals surface area contributed by atoms with E-state index < -0.39 is 6.16 Å². The SMILES string of the molecule is CCCCCc1c(C)cc(OC(=O)O)c(O)c1C. The third kappa shape index (κ3) is 3.39. The Morgan fingerprint density at radius 1 is 1.33 bits per heavy atom. The Balaban J connectivity index is 3.00. The lowest BCUT2D eigenvalue weighted by molar-refractivity contribution is 0.143. The van der Waals surface area contributed by atoms with Gasteiger partial charge in [0.15, 0.2) is 11.5 Å². The number of rotatable bonds is 5. The molecule has 100 valence electrons. The van der Waals surface area contributed by atoms with Crippen molar-refractivity contribution in [2.45, 2.75) is 46.5 Å². The predicted octanol–water partition coefficient (Wildman–Crippen LogP) is 3.80. The molecule has 0 atom stereocenters. The summed E-state index contributed by atoms with van der Waals surface area (Å²) in [6.45, 7) is 5.84. The fourth-order valence-corrected chi connectivity index (χ4v) is 2.08. The van der Waals surface area contributed by atoms with Crippen molar-refractivity contribution in [1.29, 1.82) is 0 Å². The van der Waals surface area contributed by atoms with Gasteiger partial charge in [-0.15, -0.1) is 0 Å². The third-order valence-electron chi connectivity index (χ3n) is 3.09. The van der Waals surface area contributed by atoms with Gasteiger partial charge >= 0.3 is 6.16 Å². The molecule has 1 aromatic carbocycles. The summed E-state index contributed by atoms with van der Waals surface area (Å²) in [5.41, 5.74) is 2.75. The van der Waals surface area contributed by atoms with Crippen LogP contribution in [0.4, 0.5) is 4.79 Å². The molecule has 0 saturated heterocycles. The highest BCUT2D eigenvalue weighted by molar-refractivity contribution is 5.65. The molecular weight excluding hydrogens is 232 g/mol. The van der Waals surface area contributed by atoms with Gasteiger partial charge in [-0.05, 0) is 49.4 Å². The first-order chi connectivity index (χ1) is 8.47. The standard InChI is InChI=1S/C14H20O4/c1-4-5-6-7-11-9(2)8-12(18-14(16)17)13(15)10(11)3/h8,15H,4-7H2,1-3H3,(H,16,17). The molecule has 0 aliphatic carbocycles. The Labute approximate surface area is 107 Å². The molecule has 0 fully saturated rings. The average Bonchev–Trinajstić information content (AvgIpc) is 2.29. The molecule has 0 aliphatic rings. The first-order valence-electron chi connectivity index (χ1n) is 6.20. The van der Waals surface area contributed by atoms with Crippen molar-refractivity contribution in [3.8, 4) is 11.5 Å². The predicted molar refractivity (Wildman–Crippen MR) is 69.5 cm³/mol. The van der Waals surface area contributed by atoms with Crippen molar-refractivity contribution in [2.75, 3.05) is 0 Å². The zero-order valence-corrected chi connectivity index (χ0v) is 11.1. The van der Waals surface area contributed by atoms with Crippen LogP contribution in [0.2, 0.25) is 0 Å². The van der Waals surface area contributed by atoms with Gasteiger partial charge < -0.3 is 14.9 Å². The molecule has 2 N–H and O–H groups in total. The summed E-state index contributed by atoms with van der Waals surface area (Å²) >= 11 is 0. The summed E-state index contributed by atoms with van der Waals surface area (Å²) in [6, 6.07) is 1.58. The number of phenolic OH excluding ortho intramolecular Hbond substituents is 1. The average molecular weight is 252 g/mol. The van der Waals surface area contributed by atoms with Crippen LogP contribution in [0.5, 0.6) is 11.5 Å². The summed E-state index contributed by atoms with van der Waals surface area (Å²) in [4.78, 5) is 10.5. The number of carbonyl (C=O) groups is 1. The van der Waals surface area contributed by atoms with Crippen molar-refractivity contribution < 1.29 is 19.7 Å². The highest BCUT2D eigenvalue weighted by atomic mass is 16.7. The van der Waals surface area contributed by atoms with Gasteiger partial charge in [0, 0.05) is 0 Å². The molecule has 0 saturated carbocycles. The van der Waals surface area contributed by atoms with Crippen LogP contribution < -0.4 is 4.74 Å². The normalized spacial score (nSPS) is 10.4. The molecule has 0 aromatic heterocycles. The van der Waals surface area contributed by atoms with E-state index in [4.69, 9.17) is 5.11 Å². The second-order valence-corrected chi connectivity index (χ2v) is 4.47. The van der Waals surface area contributed by atoms with E-state index in [0.717, 1.165) is 36.8 Å². The number of hydrogen-bond acceptors (Lipinski definition) is 3. The lowest BCUT2D eigenvalue weighted by atomic mass is 9.96. The molecule has 0 spiro atoms. The topological polar surface area (TPSA) is 66.8 Å². The van der Waals surface area contributed by atoms with E-state index in [0.29, 0.717) is 5.56 Å². The molecule has 18 heavy (non-hydrogen) atoms. The van der Waals surface area contributed by atoms with Gasteiger partial charge in [0.05, 0.1) is 0 Å². The van der Waals surface area contributed by atoms with Gasteiger partial charge in [-0.1, -0.05) is 19.8 Å². The second-order valence-electron chi connectivity index (χ2n) is 4.47. The van der Waals surface area contributed by atoms with Crippen molar-refractivity contribution >= 4 is 6.16 Å². The molecule has 1 rings (SSSR count). The van der Waals surface area contributed by atoms with Crippen LogP contribution in [0, 0.1) is 13.8 Å². The number of carboxylic acid groups (broad SMARTS) is 1. The zero-order valence-electron chi connectivity index (χ0n) is 11.1. The Kier molecular flexibility index (Phi) is 5.01. The Hall–Kier alpha value is -1.71. The zero-order chi connectivity index (χ0) is 13.7. The van der Waals surface area contributed by atoms with E-state index >= 15 is 0 Å². The quantitative estimate of drug-likeness (QED) is 0.475. The lowest BCUT2D eigenvalue weighted by Crippen LogP contribution is -2.05. The van der Waals surface area contributed by atoms with Crippen LogP contribution in [0.25, 0.3) is 0 Å². The van der Waals surface area contributed by atoms with Gasteiger partial charge in [0.1, 0.15) is 0 Å². The van der Waals surface area contributed by atoms with Gasteiger partial charge in [-0.25, -0.2) is 4.79 Å². The lowest BCUT2D eigenvalue weighted by Gasteiger charge is -2.14. The molecular formula is C14H20O4. The maximum Gasteiger partial charge on any atom is 0.511 e. The maximum absolute atomic E-state index is 10.5. The molecule has 0 unspecified atom stereocenters. The molecule has 1 aromatic rings. The van der Waals surface area contributed by atoms with Crippen molar-refractivity contribution in [2.24, 2.45) is 0 Å². The molecule has 0 amide bonds. The van der Waals surface area contributed by atoms with Crippen LogP contribution in [0.3, 0.4) is 0 Å². The fourth-order valence-electron chi connectivity index (χ4n) is 2.08. The van der Waals surface area contributed by atoms with E-state index in [9.17, 15) is 9.90 Å². The molecule has 0 radical (unpaired) electrons. The monoisotopic (exact) mass is 252 g/mol. The highest BCUT2D eigenvalue weighted by Gasteiger charge is 2.15. The summed E-state index contributed by atoms with van der Waals surface area (Å²) in [5, 5.41) is 18.5. The summed E-state index contributed by atoms with van der Waals surface area (Å²) in [7, 11) is 0. The van der Waals surface area contributed by atoms with E-state index in [1.165, 1.54) is 0 Å². The van der Waals surface area contributed by atoms with Crippen LogP contribution in [0.1, 0.15) is 42.9 Å². The van der Waals surface area contributed by atoms with E-state index in [1.807, 2.05) is 6.92 Å². The smallest absolute Gasteiger partial charge is 0.504 e. The van der Waals surface area contributed by atoms with Gasteiger partial charge in [0.2, 0.25) is 0 Å². The maximum atomic E-state index is 10.5. The highest BCUT2D eigenvalue weighted by Crippen LogP contribution is 2.35. The Morgan fingerprint density at radius 3 is 2.56 bits per heavy atom. The molecule has 0 heterocycles. The first kappa shape index (κ1) is 14.4. The number of benzene rings is 1. The second kappa shape index (κ2) is 6.28. The van der Waals surface area contributed by atoms with Crippen LogP contribution in [0.15, 0.2) is 6.07 Å². The molecule has 0 bridgehead atoms. The minimum atomic E-state index is -1.41. The van der Waals surface area contributed by atoms with Crippen molar-refractivity contribution in [3.63, 3.8) is 0 Å². The minimum absolute atomic E-state index is 0.0109. The number of unbranched alkanes of at least 4 members (excludes halogenated alkanes) is 2. The van der Waals surface area contributed by atoms with Crippen LogP contribution >= 0.6 is 0 Å². The van der Waals surface area contributed by atoms with Crippen molar-refractivity contribution in [1.82, 2.24) is 0 Å². The van der Waals surface area contributed by atoms with Crippen LogP contribution in [-0.2, 0) is 6.42 Å². The fraction of sp³-hybridized carbons (Fsp3) is 0.500. The first-order valence-corrected chi connectivity index (χ1v) is 6.20. The van der Waals surface area contributed by atoms with Gasteiger partial charge in [0.25, 0.3) is 0 Å².